The third-order valence-electron chi connectivity index (χ3n) is 3.85. The molecule has 0 atom stereocenters. The van der Waals surface area contributed by atoms with Crippen molar-refractivity contribution in [1.29, 1.82) is 0 Å². The molecule has 1 amide bonds. The second-order valence-corrected chi connectivity index (χ2v) is 5.92. The van der Waals surface area contributed by atoms with E-state index in [1.807, 2.05) is 0 Å². The molecule has 11 heteroatoms. The monoisotopic (exact) mass is 401 g/mol. The number of nitrogens with one attached hydrogen (secondary N) is 2. The Hall–Kier alpha value is -4.02. The van der Waals surface area contributed by atoms with Crippen LogP contribution < -0.4 is 16.4 Å². The number of halogens is 1. The van der Waals surface area contributed by atoms with Gasteiger partial charge in [0.25, 0.3) is 5.69 Å². The predicted molar refractivity (Wildman–Crippen MR) is 101 cm³/mol. The van der Waals surface area contributed by atoms with E-state index in [2.05, 4.69) is 15.7 Å². The van der Waals surface area contributed by atoms with Crippen LogP contribution in [0.25, 0.3) is 11.5 Å². The van der Waals surface area contributed by atoms with Gasteiger partial charge in [-0.3, -0.25) is 14.9 Å². The number of carbonyl (C=O) groups excluding carboxylic acids is 1. The first-order valence-electron chi connectivity index (χ1n) is 8.51. The average Bonchev–Trinajstić information content (AvgIpc) is 3.06. The second kappa shape index (κ2) is 8.78. The summed E-state index contributed by atoms with van der Waals surface area (Å²) in [5.74, 6) is -1.69. The van der Waals surface area contributed by atoms with Crippen molar-refractivity contribution in [2.24, 2.45) is 0 Å². The number of carbonyl (C=O) groups is 1. The summed E-state index contributed by atoms with van der Waals surface area (Å²) in [7, 11) is 0. The van der Waals surface area contributed by atoms with Crippen LogP contribution in [0.4, 0.5) is 15.8 Å². The van der Waals surface area contributed by atoms with Gasteiger partial charge in [-0.05, 0) is 36.4 Å². The Labute approximate surface area is 163 Å². The number of nitro groups is 1. The number of benzene rings is 2. The molecule has 0 aliphatic heterocycles. The first-order chi connectivity index (χ1) is 13.9. The highest BCUT2D eigenvalue weighted by atomic mass is 19.1. The quantitative estimate of drug-likeness (QED) is 0.334. The zero-order chi connectivity index (χ0) is 20.8. The molecule has 2 N–H and O–H groups in total. The van der Waals surface area contributed by atoms with Gasteiger partial charge < -0.3 is 15.1 Å². The van der Waals surface area contributed by atoms with Gasteiger partial charge in [-0.2, -0.15) is 4.68 Å². The number of rotatable bonds is 8. The molecule has 2 aromatic carbocycles. The lowest BCUT2D eigenvalue weighted by Crippen LogP contribution is -2.34. The van der Waals surface area contributed by atoms with E-state index in [0.717, 1.165) is 4.68 Å². The smallest absolute Gasteiger partial charge is 0.388 e. The number of aromatic nitrogens is 2. The van der Waals surface area contributed by atoms with Crippen molar-refractivity contribution in [2.75, 3.05) is 18.4 Å². The van der Waals surface area contributed by atoms with Crippen LogP contribution in [0.1, 0.15) is 0 Å². The molecule has 3 aromatic rings. The minimum Gasteiger partial charge on any atom is -0.388 e. The Balaban J connectivity index is 1.47. The second-order valence-electron chi connectivity index (χ2n) is 5.92. The lowest BCUT2D eigenvalue weighted by Gasteiger charge is -2.07. The highest BCUT2D eigenvalue weighted by Crippen LogP contribution is 2.16. The fourth-order valence-corrected chi connectivity index (χ4v) is 2.42. The Morgan fingerprint density at radius 3 is 2.48 bits per heavy atom. The number of amides is 1. The molecule has 0 aliphatic rings. The Morgan fingerprint density at radius 1 is 1.14 bits per heavy atom. The van der Waals surface area contributed by atoms with Crippen LogP contribution in [-0.4, -0.2) is 33.7 Å². The number of nitro benzene ring substituents is 1. The topological polar surface area (TPSA) is 132 Å². The van der Waals surface area contributed by atoms with Gasteiger partial charge in [0.05, 0.1) is 4.92 Å². The van der Waals surface area contributed by atoms with Crippen molar-refractivity contribution >= 4 is 17.3 Å². The molecule has 0 unspecified atom stereocenters. The third kappa shape index (κ3) is 5.25. The maximum atomic E-state index is 13.0. The van der Waals surface area contributed by atoms with E-state index < -0.39 is 22.4 Å². The summed E-state index contributed by atoms with van der Waals surface area (Å²) in [6.07, 6.45) is 0. The minimum absolute atomic E-state index is 0.0114. The number of hydrogen-bond acceptors (Lipinski definition) is 7. The van der Waals surface area contributed by atoms with Crippen molar-refractivity contribution in [1.82, 2.24) is 15.1 Å². The first kappa shape index (κ1) is 19.7. The van der Waals surface area contributed by atoms with Gasteiger partial charge in [0, 0.05) is 36.5 Å². The molecule has 0 saturated carbocycles. The molecule has 0 bridgehead atoms. The standard InChI is InChI=1S/C18H16FN5O5/c19-13-3-1-12(2-4-13)17-22-23(18(26)29-17)11-16(25)21-10-9-20-14-5-7-15(8-6-14)24(27)28/h1-8,20H,9-11H2,(H,21,25). The van der Waals surface area contributed by atoms with E-state index >= 15 is 0 Å². The van der Waals surface area contributed by atoms with Crippen LogP contribution in [-0.2, 0) is 11.3 Å². The van der Waals surface area contributed by atoms with Crippen molar-refractivity contribution in [3.05, 3.63) is 75.0 Å². The minimum atomic E-state index is -0.802. The molecular formula is C18H16FN5O5. The number of hydrogen-bond donors (Lipinski definition) is 2. The molecule has 3 rings (SSSR count). The summed E-state index contributed by atoms with van der Waals surface area (Å²) >= 11 is 0. The fourth-order valence-electron chi connectivity index (χ4n) is 2.42. The summed E-state index contributed by atoms with van der Waals surface area (Å²) in [6.45, 7) is 0.298. The highest BCUT2D eigenvalue weighted by molar-refractivity contribution is 5.75. The van der Waals surface area contributed by atoms with E-state index in [1.54, 1.807) is 12.1 Å². The molecule has 29 heavy (non-hydrogen) atoms. The summed E-state index contributed by atoms with van der Waals surface area (Å²) in [4.78, 5) is 33.9. The fraction of sp³-hybridized carbons (Fsp3) is 0.167. The van der Waals surface area contributed by atoms with Gasteiger partial charge in [0.1, 0.15) is 12.4 Å². The van der Waals surface area contributed by atoms with Crippen LogP contribution in [0.5, 0.6) is 0 Å². The molecule has 0 aliphatic carbocycles. The van der Waals surface area contributed by atoms with Crippen LogP contribution in [0, 0.1) is 15.9 Å². The maximum absolute atomic E-state index is 13.0. The number of anilines is 1. The van der Waals surface area contributed by atoms with Gasteiger partial charge in [-0.1, -0.05) is 0 Å². The van der Waals surface area contributed by atoms with Crippen molar-refractivity contribution < 1.29 is 18.5 Å². The van der Waals surface area contributed by atoms with E-state index in [1.165, 1.54) is 36.4 Å². The zero-order valence-electron chi connectivity index (χ0n) is 15.0. The highest BCUT2D eigenvalue weighted by Gasteiger charge is 2.13. The average molecular weight is 401 g/mol. The van der Waals surface area contributed by atoms with E-state index in [9.17, 15) is 24.1 Å². The molecule has 0 saturated heterocycles. The van der Waals surface area contributed by atoms with Crippen LogP contribution in [0.2, 0.25) is 0 Å². The van der Waals surface area contributed by atoms with E-state index in [-0.39, 0.29) is 24.7 Å². The number of nitrogens with zero attached hydrogens (tertiary/aromatic N) is 3. The molecule has 0 radical (unpaired) electrons. The van der Waals surface area contributed by atoms with Gasteiger partial charge in [-0.25, -0.2) is 9.18 Å². The van der Waals surface area contributed by atoms with Gasteiger partial charge >= 0.3 is 5.76 Å². The SMILES string of the molecule is O=C(Cn1nc(-c2ccc(F)cc2)oc1=O)NCCNc1ccc([N+](=O)[O-])cc1. The van der Waals surface area contributed by atoms with Crippen LogP contribution in [0.3, 0.4) is 0 Å². The van der Waals surface area contributed by atoms with E-state index in [0.29, 0.717) is 17.8 Å². The molecule has 0 fully saturated rings. The van der Waals surface area contributed by atoms with Gasteiger partial charge in [0.15, 0.2) is 0 Å². The Kier molecular flexibility index (Phi) is 5.97. The normalized spacial score (nSPS) is 10.5. The zero-order valence-corrected chi connectivity index (χ0v) is 15.0. The largest absolute Gasteiger partial charge is 0.437 e. The summed E-state index contributed by atoms with van der Waals surface area (Å²) in [6, 6.07) is 11.1. The molecule has 0 spiro atoms. The molecule has 1 aromatic heterocycles. The lowest BCUT2D eigenvalue weighted by molar-refractivity contribution is -0.384. The Morgan fingerprint density at radius 2 is 1.83 bits per heavy atom. The summed E-state index contributed by atoms with van der Waals surface area (Å²) < 4.78 is 18.8. The number of non-ortho nitro benzene ring substituents is 1. The molecule has 1 heterocycles. The molecule has 150 valence electrons. The van der Waals surface area contributed by atoms with Gasteiger partial charge in [-0.15, -0.1) is 5.10 Å². The summed E-state index contributed by atoms with van der Waals surface area (Å²) in [5, 5.41) is 20.2. The third-order valence-corrected chi connectivity index (χ3v) is 3.85. The first-order valence-corrected chi connectivity index (χ1v) is 8.51. The maximum Gasteiger partial charge on any atom is 0.437 e. The van der Waals surface area contributed by atoms with Crippen molar-refractivity contribution in [3.8, 4) is 11.5 Å². The van der Waals surface area contributed by atoms with Crippen LogP contribution in [0.15, 0.2) is 57.7 Å². The molecule has 10 nitrogen and oxygen atoms in total. The Bertz CT molecular complexity index is 1060. The van der Waals surface area contributed by atoms with Crippen molar-refractivity contribution in [2.45, 2.75) is 6.54 Å². The molecular weight excluding hydrogens is 385 g/mol. The van der Waals surface area contributed by atoms with Crippen LogP contribution >= 0.6 is 0 Å². The lowest BCUT2D eigenvalue weighted by atomic mass is 10.2. The van der Waals surface area contributed by atoms with Crippen molar-refractivity contribution in [3.63, 3.8) is 0 Å². The van der Waals surface area contributed by atoms with Gasteiger partial charge in [0.2, 0.25) is 11.8 Å². The summed E-state index contributed by atoms with van der Waals surface area (Å²) in [5.41, 5.74) is 1.07. The van der Waals surface area contributed by atoms with E-state index in [4.69, 9.17) is 4.42 Å². The predicted octanol–water partition coefficient (Wildman–Crippen LogP) is 1.78.